The molecule has 1 unspecified atom stereocenters. The van der Waals surface area contributed by atoms with Crippen molar-refractivity contribution in [3.05, 3.63) is 90.4 Å². The molecule has 1 atom stereocenters. The average Bonchev–Trinajstić information content (AvgIpc) is 3.32. The molecule has 0 radical (unpaired) electrons. The summed E-state index contributed by atoms with van der Waals surface area (Å²) in [6, 6.07) is 23.1. The summed E-state index contributed by atoms with van der Waals surface area (Å²) < 4.78 is 5.49. The van der Waals surface area contributed by atoms with E-state index in [-0.39, 0.29) is 17.7 Å². The van der Waals surface area contributed by atoms with Crippen molar-refractivity contribution in [2.75, 3.05) is 18.0 Å². The van der Waals surface area contributed by atoms with E-state index < -0.39 is 0 Å². The number of amides is 2. The third-order valence-corrected chi connectivity index (χ3v) is 5.55. The Morgan fingerprint density at radius 1 is 0.967 bits per heavy atom. The summed E-state index contributed by atoms with van der Waals surface area (Å²) in [4.78, 5) is 29.9. The van der Waals surface area contributed by atoms with Crippen LogP contribution in [0.5, 0.6) is 0 Å². The zero-order chi connectivity index (χ0) is 20.8. The molecule has 1 aliphatic heterocycles. The second kappa shape index (κ2) is 9.44. The van der Waals surface area contributed by atoms with E-state index in [1.807, 2.05) is 77.7 Å². The monoisotopic (exact) mass is 402 g/mol. The number of hydrogen-bond donors (Lipinski definition) is 0. The van der Waals surface area contributed by atoms with Gasteiger partial charge in [-0.3, -0.25) is 9.59 Å². The summed E-state index contributed by atoms with van der Waals surface area (Å²) in [6.45, 7) is 1.55. The predicted molar refractivity (Wildman–Crippen MR) is 116 cm³/mol. The molecule has 1 aromatic heterocycles. The van der Waals surface area contributed by atoms with Crippen LogP contribution in [0.3, 0.4) is 0 Å². The largest absolute Gasteiger partial charge is 0.467 e. The zero-order valence-corrected chi connectivity index (χ0v) is 16.9. The molecular weight excluding hydrogens is 376 g/mol. The first kappa shape index (κ1) is 20.0. The number of likely N-dealkylation sites (tertiary alicyclic amines) is 1. The van der Waals surface area contributed by atoms with Gasteiger partial charge in [-0.05, 0) is 42.7 Å². The van der Waals surface area contributed by atoms with Gasteiger partial charge in [0.1, 0.15) is 5.76 Å². The Hall–Kier alpha value is -3.34. The molecule has 2 aromatic carbocycles. The number of piperidine rings is 1. The minimum absolute atomic E-state index is 0.0369. The number of para-hydroxylation sites is 1. The van der Waals surface area contributed by atoms with Crippen LogP contribution in [0, 0.1) is 5.92 Å². The molecule has 0 aliphatic carbocycles. The third kappa shape index (κ3) is 4.79. The summed E-state index contributed by atoms with van der Waals surface area (Å²) >= 11 is 0. The fourth-order valence-corrected chi connectivity index (χ4v) is 3.97. The van der Waals surface area contributed by atoms with E-state index in [0.29, 0.717) is 26.1 Å². The lowest BCUT2D eigenvalue weighted by atomic mass is 9.95. The van der Waals surface area contributed by atoms with Crippen LogP contribution in [0.4, 0.5) is 5.69 Å². The first-order valence-electron chi connectivity index (χ1n) is 10.4. The smallest absolute Gasteiger partial charge is 0.232 e. The maximum atomic E-state index is 13.5. The van der Waals surface area contributed by atoms with Crippen LogP contribution < -0.4 is 4.90 Å². The van der Waals surface area contributed by atoms with E-state index in [1.54, 1.807) is 11.2 Å². The number of nitrogens with zero attached hydrogens (tertiary/aromatic N) is 2. The number of rotatable bonds is 6. The molecule has 0 spiro atoms. The molecule has 5 heteroatoms. The minimum Gasteiger partial charge on any atom is -0.467 e. The van der Waals surface area contributed by atoms with Crippen LogP contribution in [0.25, 0.3) is 0 Å². The molecule has 0 N–H and O–H groups in total. The molecule has 1 aliphatic rings. The van der Waals surface area contributed by atoms with E-state index in [4.69, 9.17) is 4.42 Å². The second-order valence-corrected chi connectivity index (χ2v) is 7.68. The molecule has 1 saturated heterocycles. The van der Waals surface area contributed by atoms with Crippen molar-refractivity contribution >= 4 is 17.5 Å². The highest BCUT2D eigenvalue weighted by molar-refractivity contribution is 5.95. The molecular formula is C25H26N2O3. The minimum atomic E-state index is -0.214. The number of hydrogen-bond acceptors (Lipinski definition) is 3. The number of carbonyl (C=O) groups excluding carboxylic acids is 2. The first-order valence-corrected chi connectivity index (χ1v) is 10.4. The Bertz CT molecular complexity index is 955. The van der Waals surface area contributed by atoms with Crippen LogP contribution >= 0.6 is 0 Å². The second-order valence-electron chi connectivity index (χ2n) is 7.68. The molecule has 3 aromatic rings. The van der Waals surface area contributed by atoms with Crippen LogP contribution in [0.1, 0.15) is 24.2 Å². The van der Waals surface area contributed by atoms with Crippen molar-refractivity contribution in [3.63, 3.8) is 0 Å². The van der Waals surface area contributed by atoms with Gasteiger partial charge in [-0.25, -0.2) is 0 Å². The lowest BCUT2D eigenvalue weighted by molar-refractivity contribution is -0.134. The Labute approximate surface area is 176 Å². The Morgan fingerprint density at radius 2 is 1.70 bits per heavy atom. The molecule has 0 saturated carbocycles. The average molecular weight is 402 g/mol. The van der Waals surface area contributed by atoms with Gasteiger partial charge in [-0.15, -0.1) is 0 Å². The summed E-state index contributed by atoms with van der Waals surface area (Å²) in [7, 11) is 0. The van der Waals surface area contributed by atoms with Crippen molar-refractivity contribution < 1.29 is 14.0 Å². The van der Waals surface area contributed by atoms with Crippen LogP contribution in [0.15, 0.2) is 83.5 Å². The van der Waals surface area contributed by atoms with Gasteiger partial charge < -0.3 is 14.2 Å². The molecule has 2 amide bonds. The Morgan fingerprint density at radius 3 is 2.40 bits per heavy atom. The van der Waals surface area contributed by atoms with Gasteiger partial charge in [0.25, 0.3) is 0 Å². The molecule has 2 heterocycles. The maximum Gasteiger partial charge on any atom is 0.232 e. The van der Waals surface area contributed by atoms with Gasteiger partial charge in [0.2, 0.25) is 11.8 Å². The Balaban J connectivity index is 1.47. The molecule has 4 rings (SSSR count). The fourth-order valence-electron chi connectivity index (χ4n) is 3.97. The highest BCUT2D eigenvalue weighted by Gasteiger charge is 2.32. The van der Waals surface area contributed by atoms with Gasteiger partial charge in [0, 0.05) is 18.8 Å². The van der Waals surface area contributed by atoms with Crippen LogP contribution in [0.2, 0.25) is 0 Å². The summed E-state index contributed by atoms with van der Waals surface area (Å²) in [5.41, 5.74) is 1.84. The summed E-state index contributed by atoms with van der Waals surface area (Å²) in [6.07, 6.45) is 3.61. The van der Waals surface area contributed by atoms with Crippen LogP contribution in [-0.4, -0.2) is 29.8 Å². The lowest BCUT2D eigenvalue weighted by Gasteiger charge is -2.35. The topological polar surface area (TPSA) is 53.8 Å². The van der Waals surface area contributed by atoms with Gasteiger partial charge in [-0.2, -0.15) is 0 Å². The van der Waals surface area contributed by atoms with Crippen molar-refractivity contribution in [3.8, 4) is 0 Å². The van der Waals surface area contributed by atoms with E-state index in [2.05, 4.69) is 0 Å². The Kier molecular flexibility index (Phi) is 6.28. The molecule has 154 valence electrons. The van der Waals surface area contributed by atoms with Gasteiger partial charge >= 0.3 is 0 Å². The number of carbonyl (C=O) groups is 2. The molecule has 1 fully saturated rings. The molecule has 0 bridgehead atoms. The SMILES string of the molecule is O=C(Cc1ccccc1)N1CCCC(C(=O)N(Cc2ccco2)c2ccccc2)C1. The highest BCUT2D eigenvalue weighted by Crippen LogP contribution is 2.25. The van der Waals surface area contributed by atoms with E-state index in [9.17, 15) is 9.59 Å². The zero-order valence-electron chi connectivity index (χ0n) is 16.9. The number of anilines is 1. The lowest BCUT2D eigenvalue weighted by Crippen LogP contribution is -2.47. The first-order chi connectivity index (χ1) is 14.7. The van der Waals surface area contributed by atoms with Gasteiger partial charge in [0.15, 0.2) is 0 Å². The van der Waals surface area contributed by atoms with E-state index >= 15 is 0 Å². The van der Waals surface area contributed by atoms with Crippen molar-refractivity contribution in [1.29, 1.82) is 0 Å². The summed E-state index contributed by atoms with van der Waals surface area (Å²) in [5.74, 6) is 0.638. The molecule has 30 heavy (non-hydrogen) atoms. The fraction of sp³-hybridized carbons (Fsp3) is 0.280. The van der Waals surface area contributed by atoms with Gasteiger partial charge in [0.05, 0.1) is 25.1 Å². The number of benzene rings is 2. The van der Waals surface area contributed by atoms with Gasteiger partial charge in [-0.1, -0.05) is 48.5 Å². The van der Waals surface area contributed by atoms with Crippen molar-refractivity contribution in [2.45, 2.75) is 25.8 Å². The summed E-state index contributed by atoms with van der Waals surface area (Å²) in [5, 5.41) is 0. The molecule has 5 nitrogen and oxygen atoms in total. The standard InChI is InChI=1S/C25H26N2O3/c28-24(17-20-9-3-1-4-10-20)26-15-7-11-21(18-26)25(29)27(19-23-14-8-16-30-23)22-12-5-2-6-13-22/h1-6,8-10,12-14,16,21H,7,11,15,17-19H2. The third-order valence-electron chi connectivity index (χ3n) is 5.55. The maximum absolute atomic E-state index is 13.5. The van der Waals surface area contributed by atoms with Crippen molar-refractivity contribution in [2.24, 2.45) is 5.92 Å². The highest BCUT2D eigenvalue weighted by atomic mass is 16.3. The normalized spacial score (nSPS) is 16.3. The van der Waals surface area contributed by atoms with E-state index in [1.165, 1.54) is 0 Å². The van der Waals surface area contributed by atoms with E-state index in [0.717, 1.165) is 29.9 Å². The van der Waals surface area contributed by atoms with Crippen LogP contribution in [-0.2, 0) is 22.6 Å². The van der Waals surface area contributed by atoms with Crippen molar-refractivity contribution in [1.82, 2.24) is 4.90 Å². The quantitative estimate of drug-likeness (QED) is 0.618. The number of furan rings is 1. The predicted octanol–water partition coefficient (Wildman–Crippen LogP) is 4.29.